The van der Waals surface area contributed by atoms with E-state index in [1.54, 1.807) is 0 Å². The molecule has 1 aromatic heterocycles. The molecule has 0 aliphatic rings. The van der Waals surface area contributed by atoms with Crippen molar-refractivity contribution < 1.29 is 21.6 Å². The highest BCUT2D eigenvalue weighted by molar-refractivity contribution is 7.89. The fraction of sp³-hybridized carbons (Fsp3) is 0.182. The molecule has 2 N–H and O–H groups in total. The number of imidazole rings is 1. The normalized spacial score (nSPS) is 12.6. The number of nitrogens with one attached hydrogen (secondary N) is 2. The molecule has 2 rings (SSSR count). The van der Waals surface area contributed by atoms with Crippen molar-refractivity contribution in [1.29, 1.82) is 0 Å². The number of aromatic nitrogens is 2. The third-order valence-electron chi connectivity index (χ3n) is 2.56. The van der Waals surface area contributed by atoms with Crippen molar-refractivity contribution in [3.05, 3.63) is 47.0 Å². The summed E-state index contributed by atoms with van der Waals surface area (Å²) in [6, 6.07) is 2.11. The van der Waals surface area contributed by atoms with Gasteiger partial charge in [-0.15, -0.1) is 0 Å². The Balaban J connectivity index is 2.31. The van der Waals surface area contributed by atoms with Crippen molar-refractivity contribution in [3.63, 3.8) is 0 Å². The van der Waals surface area contributed by atoms with Crippen LogP contribution in [0.4, 0.5) is 13.2 Å². The first-order valence-corrected chi connectivity index (χ1v) is 7.40. The Labute approximate surface area is 123 Å². The lowest BCUT2D eigenvalue weighted by atomic mass is 10.2. The lowest BCUT2D eigenvalue weighted by Gasteiger charge is -2.11. The van der Waals surface area contributed by atoms with Crippen LogP contribution in [0.1, 0.15) is 11.3 Å². The number of sulfonamides is 1. The molecule has 0 amide bonds. The number of nitrogens with zero attached hydrogens (tertiary/aromatic N) is 1. The molecule has 2 aromatic rings. The van der Waals surface area contributed by atoms with E-state index in [0.29, 0.717) is 11.8 Å². The van der Waals surface area contributed by atoms with Gasteiger partial charge in [-0.2, -0.15) is 13.2 Å². The zero-order valence-corrected chi connectivity index (χ0v) is 11.9. The molecule has 1 heterocycles. The first-order valence-electron chi connectivity index (χ1n) is 5.54. The van der Waals surface area contributed by atoms with E-state index in [1.165, 1.54) is 12.5 Å². The molecule has 10 heteroatoms. The molecule has 0 radical (unpaired) electrons. The van der Waals surface area contributed by atoms with Crippen LogP contribution >= 0.6 is 11.6 Å². The van der Waals surface area contributed by atoms with Crippen molar-refractivity contribution >= 4 is 21.6 Å². The Bertz CT molecular complexity index is 730. The first kappa shape index (κ1) is 15.8. The van der Waals surface area contributed by atoms with Crippen LogP contribution in [0, 0.1) is 0 Å². The largest absolute Gasteiger partial charge is 0.416 e. The fourth-order valence-electron chi connectivity index (χ4n) is 1.52. The summed E-state index contributed by atoms with van der Waals surface area (Å²) in [5, 5.41) is -0.292. The van der Waals surface area contributed by atoms with Gasteiger partial charge >= 0.3 is 6.18 Å². The maximum Gasteiger partial charge on any atom is 0.416 e. The maximum absolute atomic E-state index is 12.6. The SMILES string of the molecule is O=S(=O)(NCc1cnc[nH]1)c1cc(C(F)(F)F)ccc1Cl. The third kappa shape index (κ3) is 3.74. The van der Waals surface area contributed by atoms with E-state index in [2.05, 4.69) is 14.7 Å². The van der Waals surface area contributed by atoms with Crippen LogP contribution in [0.5, 0.6) is 0 Å². The molecule has 0 fully saturated rings. The molecule has 1 aromatic carbocycles. The predicted octanol–water partition coefficient (Wildman–Crippen LogP) is 2.56. The van der Waals surface area contributed by atoms with E-state index in [9.17, 15) is 21.6 Å². The maximum atomic E-state index is 12.6. The van der Waals surface area contributed by atoms with Crippen LogP contribution in [0.15, 0.2) is 35.6 Å². The fourth-order valence-corrected chi connectivity index (χ4v) is 3.05. The molecule has 0 saturated carbocycles. The molecule has 21 heavy (non-hydrogen) atoms. The second kappa shape index (κ2) is 5.66. The predicted molar refractivity (Wildman–Crippen MR) is 69.1 cm³/mol. The minimum Gasteiger partial charge on any atom is -0.347 e. The molecule has 0 spiro atoms. The van der Waals surface area contributed by atoms with Gasteiger partial charge in [0.25, 0.3) is 0 Å². The highest BCUT2D eigenvalue weighted by Gasteiger charge is 2.32. The van der Waals surface area contributed by atoms with Crippen molar-refractivity contribution in [2.75, 3.05) is 0 Å². The minimum atomic E-state index is -4.65. The second-order valence-corrected chi connectivity index (χ2v) is 6.19. The van der Waals surface area contributed by atoms with E-state index in [-0.39, 0.29) is 11.6 Å². The molecule has 0 bridgehead atoms. The lowest BCUT2D eigenvalue weighted by Crippen LogP contribution is -2.24. The van der Waals surface area contributed by atoms with Gasteiger partial charge in [-0.1, -0.05) is 11.6 Å². The summed E-state index contributed by atoms with van der Waals surface area (Å²) in [5.41, 5.74) is -0.629. The lowest BCUT2D eigenvalue weighted by molar-refractivity contribution is -0.137. The smallest absolute Gasteiger partial charge is 0.347 e. The molecular formula is C11H9ClF3N3O2S. The van der Waals surface area contributed by atoms with Crippen LogP contribution in [0.25, 0.3) is 0 Å². The van der Waals surface area contributed by atoms with Crippen molar-refractivity contribution in [3.8, 4) is 0 Å². The summed E-state index contributed by atoms with van der Waals surface area (Å²) in [5.74, 6) is 0. The minimum absolute atomic E-state index is 0.144. The topological polar surface area (TPSA) is 74.8 Å². The molecule has 0 unspecified atom stereocenters. The number of hydrogen-bond donors (Lipinski definition) is 2. The standard InChI is InChI=1S/C11H9ClF3N3O2S/c12-9-2-1-7(11(13,14)15)3-10(9)21(19,20)18-5-8-4-16-6-17-8/h1-4,6,18H,5H2,(H,16,17). The highest BCUT2D eigenvalue weighted by Crippen LogP contribution is 2.33. The summed E-state index contributed by atoms with van der Waals surface area (Å²) >= 11 is 5.68. The molecule has 0 aliphatic heterocycles. The van der Waals surface area contributed by atoms with Gasteiger partial charge in [-0.05, 0) is 18.2 Å². The number of hydrogen-bond acceptors (Lipinski definition) is 3. The number of halogens is 4. The monoisotopic (exact) mass is 339 g/mol. The van der Waals surface area contributed by atoms with Gasteiger partial charge in [-0.3, -0.25) is 0 Å². The van der Waals surface area contributed by atoms with Crippen molar-refractivity contribution in [1.82, 2.24) is 14.7 Å². The van der Waals surface area contributed by atoms with Crippen LogP contribution in [-0.4, -0.2) is 18.4 Å². The van der Waals surface area contributed by atoms with E-state index in [4.69, 9.17) is 11.6 Å². The third-order valence-corrected chi connectivity index (χ3v) is 4.44. The summed E-state index contributed by atoms with van der Waals surface area (Å²) in [6.45, 7) is -0.144. The Hall–Kier alpha value is -1.58. The highest BCUT2D eigenvalue weighted by atomic mass is 35.5. The number of aromatic amines is 1. The second-order valence-electron chi connectivity index (χ2n) is 4.04. The van der Waals surface area contributed by atoms with Crippen LogP contribution in [0.2, 0.25) is 5.02 Å². The quantitative estimate of drug-likeness (QED) is 0.899. The number of benzene rings is 1. The van der Waals surface area contributed by atoms with Gasteiger partial charge in [-0.25, -0.2) is 18.1 Å². The number of H-pyrrole nitrogens is 1. The van der Waals surface area contributed by atoms with E-state index < -0.39 is 26.7 Å². The molecule has 0 aliphatic carbocycles. The molecular weight excluding hydrogens is 331 g/mol. The van der Waals surface area contributed by atoms with Crippen LogP contribution in [-0.2, 0) is 22.7 Å². The zero-order valence-electron chi connectivity index (χ0n) is 10.3. The van der Waals surface area contributed by atoms with Gasteiger partial charge in [0.1, 0.15) is 4.90 Å². The summed E-state index contributed by atoms with van der Waals surface area (Å²) < 4.78 is 64.1. The van der Waals surface area contributed by atoms with Gasteiger partial charge < -0.3 is 4.98 Å². The van der Waals surface area contributed by atoms with Gasteiger partial charge in [0.15, 0.2) is 0 Å². The van der Waals surface area contributed by atoms with Gasteiger partial charge in [0.2, 0.25) is 10.0 Å². The molecule has 5 nitrogen and oxygen atoms in total. The number of alkyl halides is 3. The van der Waals surface area contributed by atoms with E-state index >= 15 is 0 Å². The van der Waals surface area contributed by atoms with Crippen LogP contribution in [0.3, 0.4) is 0 Å². The zero-order chi connectivity index (χ0) is 15.7. The summed E-state index contributed by atoms with van der Waals surface area (Å²) in [7, 11) is -4.18. The number of rotatable bonds is 4. The van der Waals surface area contributed by atoms with E-state index in [0.717, 1.165) is 12.1 Å². The Morgan fingerprint density at radius 2 is 2.05 bits per heavy atom. The Kier molecular flexibility index (Phi) is 4.26. The average Bonchev–Trinajstić information content (AvgIpc) is 2.88. The van der Waals surface area contributed by atoms with Gasteiger partial charge in [0, 0.05) is 11.9 Å². The summed E-state index contributed by atoms with van der Waals surface area (Å²) in [6.07, 6.45) is -1.92. The van der Waals surface area contributed by atoms with Crippen molar-refractivity contribution in [2.24, 2.45) is 0 Å². The first-order chi connectivity index (χ1) is 9.70. The Morgan fingerprint density at radius 3 is 2.62 bits per heavy atom. The van der Waals surface area contributed by atoms with Crippen LogP contribution < -0.4 is 4.72 Å². The van der Waals surface area contributed by atoms with Gasteiger partial charge in [0.05, 0.1) is 23.5 Å². The summed E-state index contributed by atoms with van der Waals surface area (Å²) in [4.78, 5) is 5.73. The van der Waals surface area contributed by atoms with Crippen molar-refractivity contribution in [2.45, 2.75) is 17.6 Å². The molecule has 114 valence electrons. The van der Waals surface area contributed by atoms with E-state index in [1.807, 2.05) is 0 Å². The Morgan fingerprint density at radius 1 is 1.33 bits per heavy atom. The molecule has 0 saturated heterocycles. The average molecular weight is 340 g/mol. The molecule has 0 atom stereocenters.